The number of piperazine rings is 3. The molecule has 98 valence electrons. The van der Waals surface area contributed by atoms with Crippen molar-refractivity contribution in [2.24, 2.45) is 5.41 Å². The van der Waals surface area contributed by atoms with Crippen molar-refractivity contribution in [3.8, 4) is 0 Å². The lowest BCUT2D eigenvalue weighted by atomic mass is 9.92. The summed E-state index contributed by atoms with van der Waals surface area (Å²) in [5, 5.41) is 0. The van der Waals surface area contributed by atoms with Gasteiger partial charge in [0.2, 0.25) is 0 Å². The Balaban J connectivity index is 2.02. The minimum absolute atomic E-state index is 0.364. The quantitative estimate of drug-likeness (QED) is 0.679. The van der Waals surface area contributed by atoms with Crippen LogP contribution in [0.3, 0.4) is 0 Å². The molecular weight excluding hydrogens is 212 g/mol. The molecule has 0 unspecified atom stereocenters. The Hall–Kier alpha value is -0.410. The molecule has 3 aliphatic heterocycles. The van der Waals surface area contributed by atoms with Crippen molar-refractivity contribution in [3.63, 3.8) is 0 Å². The Kier molecular flexibility index (Phi) is 3.11. The number of quaternary nitrogens is 2. The van der Waals surface area contributed by atoms with Crippen LogP contribution in [0.25, 0.3) is 0 Å². The lowest BCUT2D eigenvalue weighted by Crippen LogP contribution is -2.76. The normalized spacial score (nSPS) is 37.2. The molecule has 2 bridgehead atoms. The Morgan fingerprint density at radius 2 is 1.35 bits per heavy atom. The van der Waals surface area contributed by atoms with Crippen LogP contribution in [0.15, 0.2) is 0 Å². The van der Waals surface area contributed by atoms with E-state index in [0.717, 1.165) is 11.0 Å². The molecule has 17 heavy (non-hydrogen) atoms. The Bertz CT molecular complexity index is 292. The largest absolute Gasteiger partial charge is 0.309 e. The van der Waals surface area contributed by atoms with Crippen LogP contribution >= 0.6 is 0 Å². The third-order valence-electron chi connectivity index (χ3n) is 4.51. The minimum Gasteiger partial charge on any atom is -0.309 e. The van der Waals surface area contributed by atoms with Crippen LogP contribution in [0, 0.1) is 5.41 Å². The molecule has 0 saturated carbocycles. The number of fused-ring (bicyclic) bond motifs is 3. The summed E-state index contributed by atoms with van der Waals surface area (Å²) in [6, 6.07) is 0. The van der Waals surface area contributed by atoms with Gasteiger partial charge >= 0.3 is 0 Å². The van der Waals surface area contributed by atoms with E-state index in [9.17, 15) is 4.79 Å². The molecule has 3 rings (SSSR count). The van der Waals surface area contributed by atoms with E-state index in [0.29, 0.717) is 11.2 Å². The first-order valence-electron chi connectivity index (χ1n) is 6.94. The smallest absolute Gasteiger partial charge is 0.183 e. The summed E-state index contributed by atoms with van der Waals surface area (Å²) >= 11 is 0. The van der Waals surface area contributed by atoms with Gasteiger partial charge < -0.3 is 8.97 Å². The first-order valence-corrected chi connectivity index (χ1v) is 6.94. The average molecular weight is 240 g/mol. The molecule has 0 aromatic heterocycles. The minimum atomic E-state index is 0.364. The molecule has 3 heterocycles. The zero-order chi connectivity index (χ0) is 12.7. The van der Waals surface area contributed by atoms with Gasteiger partial charge in [-0.15, -0.1) is 0 Å². The highest BCUT2D eigenvalue weighted by molar-refractivity contribution is 5.76. The van der Waals surface area contributed by atoms with Crippen molar-refractivity contribution >= 4 is 5.78 Å². The van der Waals surface area contributed by atoms with Crippen LogP contribution in [0.4, 0.5) is 0 Å². The maximum atomic E-state index is 11.4. The van der Waals surface area contributed by atoms with E-state index in [1.807, 2.05) is 0 Å². The number of hydrogen-bond acceptors (Lipinski definition) is 1. The van der Waals surface area contributed by atoms with Gasteiger partial charge in [-0.25, -0.2) is 0 Å². The van der Waals surface area contributed by atoms with Gasteiger partial charge in [0.05, 0.1) is 6.54 Å². The lowest BCUT2D eigenvalue weighted by molar-refractivity contribution is -1.08. The number of hydrogen-bond donors (Lipinski definition) is 0. The summed E-state index contributed by atoms with van der Waals surface area (Å²) in [6.07, 6.45) is 0. The van der Waals surface area contributed by atoms with Gasteiger partial charge in [0, 0.05) is 12.3 Å². The predicted molar refractivity (Wildman–Crippen MR) is 69.6 cm³/mol. The molecule has 3 fully saturated rings. The number of carbonyl (C=O) groups excluding carboxylic acids is 1. The van der Waals surface area contributed by atoms with Crippen LogP contribution in [0.5, 0.6) is 0 Å². The fourth-order valence-corrected chi connectivity index (χ4v) is 3.90. The molecule has 3 saturated heterocycles. The summed E-state index contributed by atoms with van der Waals surface area (Å²) in [7, 11) is 0. The highest BCUT2D eigenvalue weighted by Crippen LogP contribution is 2.30. The van der Waals surface area contributed by atoms with Crippen LogP contribution in [0.2, 0.25) is 0 Å². The maximum Gasteiger partial charge on any atom is 0.183 e. The van der Waals surface area contributed by atoms with Gasteiger partial charge in [-0.3, -0.25) is 4.79 Å². The third-order valence-corrected chi connectivity index (χ3v) is 4.51. The molecule has 0 aromatic carbocycles. The summed E-state index contributed by atoms with van der Waals surface area (Å²) < 4.78 is 2.39. The van der Waals surface area contributed by atoms with Crippen molar-refractivity contribution < 1.29 is 13.8 Å². The van der Waals surface area contributed by atoms with Crippen LogP contribution in [-0.4, -0.2) is 67.1 Å². The number of Topliss-reactive ketones (excluding diaryl/α,β-unsaturated/α-hetero) is 1. The monoisotopic (exact) mass is 240 g/mol. The standard InChI is InChI=1S/C14H28N2O/c1-13(17)11-15-5-8-16(9-6-15,10-7-15)12-14(2,3)4/h5-12H2,1-4H3/q+2. The molecule has 3 heteroatoms. The van der Waals surface area contributed by atoms with Crippen molar-refractivity contribution in [1.29, 1.82) is 0 Å². The van der Waals surface area contributed by atoms with Gasteiger partial charge in [0.25, 0.3) is 0 Å². The lowest BCUT2D eigenvalue weighted by Gasteiger charge is -2.56. The summed E-state index contributed by atoms with van der Waals surface area (Å²) in [4.78, 5) is 11.4. The first-order chi connectivity index (χ1) is 7.74. The molecule has 0 aliphatic carbocycles. The second kappa shape index (κ2) is 4.06. The predicted octanol–water partition coefficient (Wildman–Crippen LogP) is 1.28. The molecule has 0 spiro atoms. The van der Waals surface area contributed by atoms with E-state index in [2.05, 4.69) is 20.8 Å². The molecule has 0 amide bonds. The average Bonchev–Trinajstić information content (AvgIpc) is 2.17. The van der Waals surface area contributed by atoms with Gasteiger partial charge in [-0.1, -0.05) is 20.8 Å². The Morgan fingerprint density at radius 3 is 1.71 bits per heavy atom. The van der Waals surface area contributed by atoms with Crippen molar-refractivity contribution in [2.75, 3.05) is 52.4 Å². The highest BCUT2D eigenvalue weighted by Gasteiger charge is 2.50. The van der Waals surface area contributed by atoms with Crippen LogP contribution in [0.1, 0.15) is 27.7 Å². The fraction of sp³-hybridized carbons (Fsp3) is 0.929. The van der Waals surface area contributed by atoms with Crippen molar-refractivity contribution in [3.05, 3.63) is 0 Å². The van der Waals surface area contributed by atoms with E-state index >= 15 is 0 Å². The molecule has 3 aliphatic rings. The zero-order valence-electron chi connectivity index (χ0n) is 12.0. The van der Waals surface area contributed by atoms with E-state index in [4.69, 9.17) is 0 Å². The molecule has 0 aromatic rings. The second-order valence-electron chi connectivity index (χ2n) is 7.60. The highest BCUT2D eigenvalue weighted by atomic mass is 16.1. The van der Waals surface area contributed by atoms with Crippen LogP contribution in [-0.2, 0) is 4.79 Å². The van der Waals surface area contributed by atoms with Crippen molar-refractivity contribution in [1.82, 2.24) is 0 Å². The van der Waals surface area contributed by atoms with Gasteiger partial charge in [0.1, 0.15) is 45.8 Å². The summed E-state index contributed by atoms with van der Waals surface area (Å²) in [5.74, 6) is 0.364. The Morgan fingerprint density at radius 1 is 0.941 bits per heavy atom. The molecule has 0 N–H and O–H groups in total. The maximum absolute atomic E-state index is 11.4. The van der Waals surface area contributed by atoms with Gasteiger partial charge in [-0.2, -0.15) is 0 Å². The van der Waals surface area contributed by atoms with E-state index in [-0.39, 0.29) is 0 Å². The molecule has 3 nitrogen and oxygen atoms in total. The number of carbonyl (C=O) groups is 1. The number of rotatable bonds is 3. The SMILES string of the molecule is CC(=O)C[N+]12CC[N+](CC(C)(C)C)(CC1)CC2. The van der Waals surface area contributed by atoms with Gasteiger partial charge in [-0.05, 0) is 0 Å². The Labute approximate surface area is 106 Å². The van der Waals surface area contributed by atoms with E-state index < -0.39 is 0 Å². The van der Waals surface area contributed by atoms with E-state index in [1.165, 1.54) is 50.3 Å². The molecule has 0 radical (unpaired) electrons. The van der Waals surface area contributed by atoms with Crippen molar-refractivity contribution in [2.45, 2.75) is 27.7 Å². The van der Waals surface area contributed by atoms with E-state index in [1.54, 1.807) is 6.92 Å². The number of nitrogens with zero attached hydrogens (tertiary/aromatic N) is 2. The topological polar surface area (TPSA) is 17.1 Å². The summed E-state index contributed by atoms with van der Waals surface area (Å²) in [6.45, 7) is 18.4. The number of ketones is 1. The van der Waals surface area contributed by atoms with Gasteiger partial charge in [0.15, 0.2) is 5.78 Å². The molecular formula is C14H28N2O+2. The first kappa shape index (κ1) is 13.0. The van der Waals surface area contributed by atoms with Crippen LogP contribution < -0.4 is 0 Å². The zero-order valence-corrected chi connectivity index (χ0v) is 12.0. The summed E-state index contributed by atoms with van der Waals surface area (Å²) in [5.41, 5.74) is 0.422. The second-order valence-corrected chi connectivity index (χ2v) is 7.60. The fourth-order valence-electron chi connectivity index (χ4n) is 3.90. The third kappa shape index (κ3) is 2.89. The molecule has 0 atom stereocenters.